The lowest BCUT2D eigenvalue weighted by atomic mass is 9.90. The van der Waals surface area contributed by atoms with Gasteiger partial charge in [0.05, 0.1) is 12.0 Å². The molecule has 1 rings (SSSR count). The Bertz CT molecular complexity index is 282. The van der Waals surface area contributed by atoms with Crippen LogP contribution in [0, 0.1) is 5.41 Å². The number of methoxy groups -OCH3 is 1. The summed E-state index contributed by atoms with van der Waals surface area (Å²) in [7, 11) is 1.70. The first-order valence-electron chi connectivity index (χ1n) is 7.14. The Morgan fingerprint density at radius 1 is 1.47 bits per heavy atom. The number of nitrogens with zero attached hydrogens (tertiary/aromatic N) is 1. The molecule has 1 heterocycles. The lowest BCUT2D eigenvalue weighted by Crippen LogP contribution is -2.50. The minimum atomic E-state index is -0.718. The van der Waals surface area contributed by atoms with E-state index in [1.807, 2.05) is 0 Å². The van der Waals surface area contributed by atoms with Crippen LogP contribution in [0.2, 0.25) is 0 Å². The van der Waals surface area contributed by atoms with E-state index >= 15 is 0 Å². The topological polar surface area (TPSA) is 61.8 Å². The van der Waals surface area contributed by atoms with Crippen molar-refractivity contribution in [3.63, 3.8) is 0 Å². The molecule has 0 spiro atoms. The lowest BCUT2D eigenvalue weighted by molar-refractivity contribution is -0.148. The van der Waals surface area contributed by atoms with Crippen LogP contribution in [0.15, 0.2) is 0 Å². The van der Waals surface area contributed by atoms with Crippen LogP contribution in [0.1, 0.15) is 33.1 Å². The number of hydrogen-bond donors (Lipinski definition) is 2. The van der Waals surface area contributed by atoms with Gasteiger partial charge in [-0.05, 0) is 33.2 Å². The molecule has 2 N–H and O–H groups in total. The minimum absolute atomic E-state index is 0.448. The molecule has 1 fully saturated rings. The molecule has 0 radical (unpaired) electrons. The second-order valence-corrected chi connectivity index (χ2v) is 6.01. The molecule has 0 amide bonds. The standard InChI is InChI=1S/C14H28N2O3/c1-14(2,13(17)18)11-16-8-5-4-6-12(16)10-15-7-9-19-3/h12,15H,4-11H2,1-3H3,(H,17,18). The van der Waals surface area contributed by atoms with Crippen LogP contribution in [-0.4, -0.2) is 61.9 Å². The van der Waals surface area contributed by atoms with Gasteiger partial charge < -0.3 is 15.2 Å². The third-order valence-corrected chi connectivity index (χ3v) is 3.79. The number of nitrogens with one attached hydrogen (secondary N) is 1. The van der Waals surface area contributed by atoms with Gasteiger partial charge in [-0.3, -0.25) is 9.69 Å². The highest BCUT2D eigenvalue weighted by Gasteiger charge is 2.33. The number of aliphatic carboxylic acids is 1. The number of carboxylic acid groups (broad SMARTS) is 1. The Hall–Kier alpha value is -0.650. The van der Waals surface area contributed by atoms with E-state index in [0.717, 1.165) is 26.1 Å². The fraction of sp³-hybridized carbons (Fsp3) is 0.929. The second kappa shape index (κ2) is 7.82. The molecule has 5 nitrogen and oxygen atoms in total. The predicted octanol–water partition coefficient (Wildman–Crippen LogP) is 1.19. The van der Waals surface area contributed by atoms with Crippen molar-refractivity contribution >= 4 is 5.97 Å². The maximum absolute atomic E-state index is 11.2. The molecule has 0 aromatic heterocycles. The molecule has 0 aromatic carbocycles. The van der Waals surface area contributed by atoms with Gasteiger partial charge in [0.15, 0.2) is 0 Å². The summed E-state index contributed by atoms with van der Waals surface area (Å²) in [6.45, 7) is 7.72. The van der Waals surface area contributed by atoms with E-state index in [4.69, 9.17) is 4.74 Å². The van der Waals surface area contributed by atoms with Crippen molar-refractivity contribution in [3.8, 4) is 0 Å². The summed E-state index contributed by atoms with van der Waals surface area (Å²) >= 11 is 0. The first-order valence-corrected chi connectivity index (χ1v) is 7.14. The summed E-state index contributed by atoms with van der Waals surface area (Å²) in [5.74, 6) is -0.718. The Kier molecular flexibility index (Phi) is 6.75. The number of likely N-dealkylation sites (tertiary alicyclic amines) is 1. The third-order valence-electron chi connectivity index (χ3n) is 3.79. The van der Waals surface area contributed by atoms with Crippen molar-refractivity contribution in [2.75, 3.05) is 39.9 Å². The van der Waals surface area contributed by atoms with Gasteiger partial charge in [0.1, 0.15) is 0 Å². The number of ether oxygens (including phenoxy) is 1. The summed E-state index contributed by atoms with van der Waals surface area (Å²) < 4.78 is 5.02. The predicted molar refractivity (Wildman–Crippen MR) is 75.4 cm³/mol. The average molecular weight is 272 g/mol. The van der Waals surface area contributed by atoms with E-state index in [1.165, 1.54) is 12.8 Å². The third kappa shape index (κ3) is 5.47. The molecular formula is C14H28N2O3. The van der Waals surface area contributed by atoms with Gasteiger partial charge in [-0.2, -0.15) is 0 Å². The first-order chi connectivity index (χ1) is 8.97. The molecule has 0 saturated carbocycles. The Morgan fingerprint density at radius 3 is 2.84 bits per heavy atom. The zero-order valence-corrected chi connectivity index (χ0v) is 12.4. The minimum Gasteiger partial charge on any atom is -0.481 e. The van der Waals surface area contributed by atoms with E-state index in [-0.39, 0.29) is 0 Å². The SMILES string of the molecule is COCCNCC1CCCCN1CC(C)(C)C(=O)O. The Morgan fingerprint density at radius 2 is 2.21 bits per heavy atom. The first kappa shape index (κ1) is 16.4. The Balaban J connectivity index is 2.45. The van der Waals surface area contributed by atoms with Crippen LogP contribution in [-0.2, 0) is 9.53 Å². The van der Waals surface area contributed by atoms with Gasteiger partial charge in [-0.25, -0.2) is 0 Å². The number of carboxylic acids is 1. The maximum Gasteiger partial charge on any atom is 0.310 e. The van der Waals surface area contributed by atoms with Crippen LogP contribution in [0.5, 0.6) is 0 Å². The lowest BCUT2D eigenvalue weighted by Gasteiger charge is -2.39. The molecule has 1 unspecified atom stereocenters. The zero-order chi connectivity index (χ0) is 14.3. The second-order valence-electron chi connectivity index (χ2n) is 6.01. The van der Waals surface area contributed by atoms with Crippen molar-refractivity contribution in [1.82, 2.24) is 10.2 Å². The number of hydrogen-bond acceptors (Lipinski definition) is 4. The van der Waals surface area contributed by atoms with Gasteiger partial charge in [0.2, 0.25) is 0 Å². The summed E-state index contributed by atoms with van der Waals surface area (Å²) in [6, 6.07) is 0.448. The van der Waals surface area contributed by atoms with Crippen LogP contribution in [0.4, 0.5) is 0 Å². The van der Waals surface area contributed by atoms with Gasteiger partial charge in [-0.1, -0.05) is 6.42 Å². The molecule has 0 aliphatic carbocycles. The van der Waals surface area contributed by atoms with Gasteiger partial charge >= 0.3 is 5.97 Å². The quantitative estimate of drug-likeness (QED) is 0.650. The molecule has 0 bridgehead atoms. The Labute approximate surface area is 116 Å². The molecule has 1 aliphatic heterocycles. The highest BCUT2D eigenvalue weighted by atomic mass is 16.5. The van der Waals surface area contributed by atoms with Crippen LogP contribution < -0.4 is 5.32 Å². The number of carbonyl (C=O) groups is 1. The number of piperidine rings is 1. The van der Waals surface area contributed by atoms with E-state index < -0.39 is 11.4 Å². The fourth-order valence-corrected chi connectivity index (χ4v) is 2.52. The average Bonchev–Trinajstić information content (AvgIpc) is 2.36. The molecular weight excluding hydrogens is 244 g/mol. The van der Waals surface area contributed by atoms with E-state index in [2.05, 4.69) is 10.2 Å². The van der Waals surface area contributed by atoms with Crippen molar-refractivity contribution in [2.45, 2.75) is 39.2 Å². The largest absolute Gasteiger partial charge is 0.481 e. The molecule has 0 aromatic rings. The highest BCUT2D eigenvalue weighted by Crippen LogP contribution is 2.23. The number of rotatable bonds is 8. The van der Waals surface area contributed by atoms with Crippen molar-refractivity contribution in [3.05, 3.63) is 0 Å². The zero-order valence-electron chi connectivity index (χ0n) is 12.4. The normalized spacial score (nSPS) is 21.5. The van der Waals surface area contributed by atoms with Crippen molar-refractivity contribution in [1.29, 1.82) is 0 Å². The molecule has 112 valence electrons. The molecule has 1 atom stereocenters. The maximum atomic E-state index is 11.2. The van der Waals surface area contributed by atoms with E-state index in [0.29, 0.717) is 19.2 Å². The summed E-state index contributed by atoms with van der Waals surface area (Å²) in [5.41, 5.74) is -0.678. The fourth-order valence-electron chi connectivity index (χ4n) is 2.52. The van der Waals surface area contributed by atoms with Gasteiger partial charge in [0.25, 0.3) is 0 Å². The van der Waals surface area contributed by atoms with Gasteiger partial charge in [-0.15, -0.1) is 0 Å². The van der Waals surface area contributed by atoms with Crippen LogP contribution >= 0.6 is 0 Å². The molecule has 19 heavy (non-hydrogen) atoms. The van der Waals surface area contributed by atoms with Crippen molar-refractivity contribution < 1.29 is 14.6 Å². The monoisotopic (exact) mass is 272 g/mol. The molecule has 5 heteroatoms. The molecule has 1 saturated heterocycles. The van der Waals surface area contributed by atoms with Gasteiger partial charge in [0, 0.05) is 32.8 Å². The summed E-state index contributed by atoms with van der Waals surface area (Å²) in [4.78, 5) is 13.6. The van der Waals surface area contributed by atoms with E-state index in [1.54, 1.807) is 21.0 Å². The molecule has 1 aliphatic rings. The van der Waals surface area contributed by atoms with Crippen LogP contribution in [0.3, 0.4) is 0 Å². The summed E-state index contributed by atoms with van der Waals surface area (Å²) in [6.07, 6.45) is 3.56. The smallest absolute Gasteiger partial charge is 0.310 e. The summed E-state index contributed by atoms with van der Waals surface area (Å²) in [5, 5.41) is 12.6. The highest BCUT2D eigenvalue weighted by molar-refractivity contribution is 5.73. The van der Waals surface area contributed by atoms with Crippen LogP contribution in [0.25, 0.3) is 0 Å². The van der Waals surface area contributed by atoms with E-state index in [9.17, 15) is 9.90 Å². The van der Waals surface area contributed by atoms with Crippen molar-refractivity contribution in [2.24, 2.45) is 5.41 Å².